The van der Waals surface area contributed by atoms with Crippen LogP contribution in [0.25, 0.3) is 0 Å². The number of nitrogens with two attached hydrogens (primary N) is 2. The lowest BCUT2D eigenvalue weighted by molar-refractivity contribution is -0.142. The van der Waals surface area contributed by atoms with Gasteiger partial charge in [0.1, 0.15) is 18.6 Å². The summed E-state index contributed by atoms with van der Waals surface area (Å²) in [4.78, 5) is 58.9. The maximum Gasteiger partial charge on any atom is 0.322 e. The number of likely N-dealkylation sites (tertiary alicyclic amines) is 1. The number of rotatable bonds is 8. The Morgan fingerprint density at radius 1 is 1.28 bits per heavy atom. The molecular formula is C14H23N5O6. The van der Waals surface area contributed by atoms with E-state index in [4.69, 9.17) is 16.6 Å². The zero-order chi connectivity index (χ0) is 19.1. The fraction of sp³-hybridized carbons (Fsp3) is 0.643. The highest BCUT2D eigenvalue weighted by Crippen LogP contribution is 2.18. The molecule has 4 amide bonds. The van der Waals surface area contributed by atoms with E-state index in [1.807, 2.05) is 0 Å². The van der Waals surface area contributed by atoms with Gasteiger partial charge in [0.05, 0.1) is 12.5 Å². The number of aliphatic carboxylic acids is 1. The summed E-state index contributed by atoms with van der Waals surface area (Å²) in [5.41, 5.74) is 10.5. The molecule has 25 heavy (non-hydrogen) atoms. The predicted molar refractivity (Wildman–Crippen MR) is 84.8 cm³/mol. The lowest BCUT2D eigenvalue weighted by Crippen LogP contribution is -2.55. The topological polar surface area (TPSA) is 185 Å². The minimum atomic E-state index is -1.19. The number of hydrogen-bond donors (Lipinski definition) is 5. The van der Waals surface area contributed by atoms with Gasteiger partial charge in [0.2, 0.25) is 23.6 Å². The van der Waals surface area contributed by atoms with Crippen molar-refractivity contribution in [1.82, 2.24) is 15.5 Å². The van der Waals surface area contributed by atoms with Gasteiger partial charge < -0.3 is 32.1 Å². The third-order valence-electron chi connectivity index (χ3n) is 3.74. The summed E-state index contributed by atoms with van der Waals surface area (Å²) in [6.07, 6.45) is 0.633. The number of nitrogens with zero attached hydrogens (tertiary/aromatic N) is 1. The van der Waals surface area contributed by atoms with Gasteiger partial charge in [-0.15, -0.1) is 0 Å². The minimum Gasteiger partial charge on any atom is -0.480 e. The van der Waals surface area contributed by atoms with E-state index in [0.717, 1.165) is 0 Å². The first-order valence-electron chi connectivity index (χ1n) is 7.77. The van der Waals surface area contributed by atoms with Gasteiger partial charge in [-0.05, 0) is 19.8 Å². The van der Waals surface area contributed by atoms with E-state index in [2.05, 4.69) is 10.6 Å². The highest BCUT2D eigenvalue weighted by molar-refractivity contribution is 5.94. The molecule has 0 aliphatic carbocycles. The second-order valence-electron chi connectivity index (χ2n) is 5.81. The van der Waals surface area contributed by atoms with Crippen LogP contribution < -0.4 is 22.1 Å². The summed E-state index contributed by atoms with van der Waals surface area (Å²) in [7, 11) is 0. The fourth-order valence-corrected chi connectivity index (χ4v) is 2.52. The molecular weight excluding hydrogens is 334 g/mol. The van der Waals surface area contributed by atoms with Gasteiger partial charge in [0.25, 0.3) is 0 Å². The number of nitrogens with one attached hydrogen (secondary N) is 2. The normalized spacial score (nSPS) is 19.0. The Kier molecular flexibility index (Phi) is 7.30. The average molecular weight is 357 g/mol. The second kappa shape index (κ2) is 8.97. The Balaban J connectivity index is 2.64. The smallest absolute Gasteiger partial charge is 0.322 e. The van der Waals surface area contributed by atoms with Crippen LogP contribution in [0.4, 0.5) is 0 Å². The molecule has 1 aliphatic rings. The van der Waals surface area contributed by atoms with Crippen molar-refractivity contribution in [2.24, 2.45) is 11.5 Å². The molecule has 0 aromatic rings. The largest absolute Gasteiger partial charge is 0.480 e. The summed E-state index contributed by atoms with van der Waals surface area (Å²) in [5, 5.41) is 13.2. The van der Waals surface area contributed by atoms with E-state index in [9.17, 15) is 24.0 Å². The maximum atomic E-state index is 12.5. The SMILES string of the molecule is CC(NC(=O)C(N)CC(N)=O)C(=O)N1CCCC1C(=O)NCC(=O)O. The van der Waals surface area contributed by atoms with Crippen molar-refractivity contribution in [2.45, 2.75) is 44.3 Å². The molecule has 1 rings (SSSR count). The van der Waals surface area contributed by atoms with Crippen LogP contribution in [0.1, 0.15) is 26.2 Å². The summed E-state index contributed by atoms with van der Waals surface area (Å²) in [5.74, 6) is -3.68. The number of carbonyl (C=O) groups excluding carboxylic acids is 4. The number of carboxylic acid groups (broad SMARTS) is 1. The Bertz CT molecular complexity index is 566. The molecule has 1 fully saturated rings. The van der Waals surface area contributed by atoms with E-state index in [1.165, 1.54) is 11.8 Å². The van der Waals surface area contributed by atoms with Crippen LogP contribution in [0, 0.1) is 0 Å². The van der Waals surface area contributed by atoms with Crippen molar-refractivity contribution >= 4 is 29.6 Å². The van der Waals surface area contributed by atoms with Gasteiger partial charge in [0.15, 0.2) is 0 Å². The van der Waals surface area contributed by atoms with Crippen LogP contribution in [0.15, 0.2) is 0 Å². The molecule has 1 aliphatic heterocycles. The number of carbonyl (C=O) groups is 5. The summed E-state index contributed by atoms with van der Waals surface area (Å²) >= 11 is 0. The van der Waals surface area contributed by atoms with Crippen molar-refractivity contribution in [2.75, 3.05) is 13.1 Å². The van der Waals surface area contributed by atoms with Crippen LogP contribution in [-0.4, -0.2) is 70.8 Å². The van der Waals surface area contributed by atoms with E-state index in [0.29, 0.717) is 19.4 Å². The van der Waals surface area contributed by atoms with Crippen molar-refractivity contribution < 1.29 is 29.1 Å². The van der Waals surface area contributed by atoms with Crippen molar-refractivity contribution in [3.05, 3.63) is 0 Å². The van der Waals surface area contributed by atoms with Crippen molar-refractivity contribution in [3.63, 3.8) is 0 Å². The Hall–Kier alpha value is -2.69. The van der Waals surface area contributed by atoms with Gasteiger partial charge in [0, 0.05) is 6.54 Å². The van der Waals surface area contributed by atoms with E-state index in [-0.39, 0.29) is 6.42 Å². The molecule has 1 saturated heterocycles. The molecule has 7 N–H and O–H groups in total. The molecule has 0 aromatic heterocycles. The lowest BCUT2D eigenvalue weighted by Gasteiger charge is -2.27. The maximum absolute atomic E-state index is 12.5. The summed E-state index contributed by atoms with van der Waals surface area (Å²) in [6, 6.07) is -2.91. The average Bonchev–Trinajstić information content (AvgIpc) is 3.00. The lowest BCUT2D eigenvalue weighted by atomic mass is 10.1. The van der Waals surface area contributed by atoms with Crippen LogP contribution in [0.5, 0.6) is 0 Å². The van der Waals surface area contributed by atoms with Crippen LogP contribution >= 0.6 is 0 Å². The summed E-state index contributed by atoms with van der Waals surface area (Å²) < 4.78 is 0. The predicted octanol–water partition coefficient (Wildman–Crippen LogP) is -3.11. The molecule has 140 valence electrons. The molecule has 0 bridgehead atoms. The van der Waals surface area contributed by atoms with Gasteiger partial charge in [-0.25, -0.2) is 0 Å². The van der Waals surface area contributed by atoms with E-state index < -0.39 is 54.3 Å². The first-order chi connectivity index (χ1) is 11.6. The zero-order valence-corrected chi connectivity index (χ0v) is 13.9. The van der Waals surface area contributed by atoms with Gasteiger partial charge in [-0.3, -0.25) is 24.0 Å². The monoisotopic (exact) mass is 357 g/mol. The highest BCUT2D eigenvalue weighted by Gasteiger charge is 2.36. The molecule has 0 spiro atoms. The molecule has 3 unspecified atom stereocenters. The van der Waals surface area contributed by atoms with Crippen molar-refractivity contribution in [1.29, 1.82) is 0 Å². The zero-order valence-electron chi connectivity index (χ0n) is 13.9. The Morgan fingerprint density at radius 3 is 2.48 bits per heavy atom. The standard InChI is InChI=1S/C14H23N5O6/c1-7(18-12(23)8(15)5-10(16)20)14(25)19-4-2-3-9(19)13(24)17-6-11(21)22/h7-9H,2-6,15H2,1H3,(H2,16,20)(H,17,24)(H,18,23)(H,21,22). The number of amides is 4. The molecule has 11 heteroatoms. The first-order valence-corrected chi connectivity index (χ1v) is 7.77. The molecule has 11 nitrogen and oxygen atoms in total. The van der Waals surface area contributed by atoms with Crippen LogP contribution in [0.3, 0.4) is 0 Å². The van der Waals surface area contributed by atoms with Gasteiger partial charge >= 0.3 is 5.97 Å². The van der Waals surface area contributed by atoms with E-state index in [1.54, 1.807) is 0 Å². The highest BCUT2D eigenvalue weighted by atomic mass is 16.4. The van der Waals surface area contributed by atoms with Gasteiger partial charge in [-0.2, -0.15) is 0 Å². The Labute approximate surface area is 144 Å². The molecule has 0 aromatic carbocycles. The molecule has 1 heterocycles. The quantitative estimate of drug-likeness (QED) is 0.304. The number of hydrogen-bond acceptors (Lipinski definition) is 6. The molecule has 0 radical (unpaired) electrons. The third-order valence-corrected chi connectivity index (χ3v) is 3.74. The molecule has 3 atom stereocenters. The number of primary amides is 1. The van der Waals surface area contributed by atoms with Crippen LogP contribution in [0.2, 0.25) is 0 Å². The van der Waals surface area contributed by atoms with Crippen LogP contribution in [-0.2, 0) is 24.0 Å². The first kappa shape index (κ1) is 20.4. The Morgan fingerprint density at radius 2 is 1.92 bits per heavy atom. The van der Waals surface area contributed by atoms with Crippen molar-refractivity contribution in [3.8, 4) is 0 Å². The van der Waals surface area contributed by atoms with Gasteiger partial charge in [-0.1, -0.05) is 0 Å². The minimum absolute atomic E-state index is 0.317. The summed E-state index contributed by atoms with van der Waals surface area (Å²) in [6.45, 7) is 1.21. The number of carboxylic acids is 1. The fourth-order valence-electron chi connectivity index (χ4n) is 2.52. The third kappa shape index (κ3) is 6.03. The van der Waals surface area contributed by atoms with E-state index >= 15 is 0 Å². The second-order valence-corrected chi connectivity index (χ2v) is 5.81. The molecule has 0 saturated carbocycles.